The molecule has 15 heteroatoms. The summed E-state index contributed by atoms with van der Waals surface area (Å²) in [4.78, 5) is 45.5. The van der Waals surface area contributed by atoms with Crippen LogP contribution < -0.4 is 15.4 Å². The van der Waals surface area contributed by atoms with Gasteiger partial charge in [0.05, 0.1) is 29.3 Å². The summed E-state index contributed by atoms with van der Waals surface area (Å²) in [6.07, 6.45) is 4.66. The summed E-state index contributed by atoms with van der Waals surface area (Å²) < 4.78 is 38.5. The van der Waals surface area contributed by atoms with Gasteiger partial charge in [-0.25, -0.2) is 14.8 Å². The predicted octanol–water partition coefficient (Wildman–Crippen LogP) is 7.45. The molecular weight excluding hydrogens is 749 g/mol. The second kappa shape index (κ2) is 21.1. The smallest absolute Gasteiger partial charge is 0.326 e. The summed E-state index contributed by atoms with van der Waals surface area (Å²) in [7, 11) is -4.40. The van der Waals surface area contributed by atoms with Crippen LogP contribution in [-0.4, -0.2) is 65.0 Å². The first-order valence-corrected chi connectivity index (χ1v) is 20.0. The number of rotatable bonds is 21. The maximum Gasteiger partial charge on any atom is 0.326 e. The molecule has 4 N–H and O–H groups in total. The van der Waals surface area contributed by atoms with Crippen LogP contribution >= 0.6 is 0 Å². The number of aromatic nitrogens is 2. The van der Waals surface area contributed by atoms with E-state index in [9.17, 15) is 32.5 Å². The Hall–Kier alpha value is -6.32. The van der Waals surface area contributed by atoms with Gasteiger partial charge >= 0.3 is 5.97 Å². The van der Waals surface area contributed by atoms with Crippen LogP contribution in [0.25, 0.3) is 22.4 Å². The van der Waals surface area contributed by atoms with Crippen molar-refractivity contribution in [2.45, 2.75) is 62.4 Å². The van der Waals surface area contributed by atoms with E-state index >= 15 is 0 Å². The molecule has 0 radical (unpaired) electrons. The van der Waals surface area contributed by atoms with Crippen molar-refractivity contribution < 1.29 is 37.2 Å². The number of nitrogens with one attached hydrogen (secondary N) is 2. The monoisotopic (exact) mass is 792 g/mol. The lowest BCUT2D eigenvalue weighted by atomic mass is 10.0. The Kier molecular flexibility index (Phi) is 15.5. The molecule has 0 bridgehead atoms. The molecule has 5 rings (SSSR count). The van der Waals surface area contributed by atoms with E-state index in [0.717, 1.165) is 22.4 Å². The Bertz CT molecular complexity index is 2180. The number of carbonyl (C=O) groups is 3. The molecule has 5 aromatic rings. The van der Waals surface area contributed by atoms with Crippen LogP contribution in [-0.2, 0) is 26.3 Å². The minimum Gasteiger partial charge on any atom is -0.480 e. The third-order valence-electron chi connectivity index (χ3n) is 8.79. The quantitative estimate of drug-likeness (QED) is 0.0328. The predicted molar refractivity (Wildman–Crippen MR) is 214 cm³/mol. The minimum atomic E-state index is -4.40. The van der Waals surface area contributed by atoms with Crippen molar-refractivity contribution in [2.75, 3.05) is 13.2 Å². The van der Waals surface area contributed by atoms with Crippen molar-refractivity contribution in [3.05, 3.63) is 127 Å². The second-order valence-corrected chi connectivity index (χ2v) is 14.5. The lowest BCUT2D eigenvalue weighted by molar-refractivity contribution is -0.142. The summed E-state index contributed by atoms with van der Waals surface area (Å²) in [5, 5.41) is 22.9. The van der Waals surface area contributed by atoms with E-state index in [1.807, 2.05) is 72.8 Å². The number of nitrogens with zero attached hydrogens (tertiary/aromatic N) is 4. The number of carboxylic acids is 1. The SMILES string of the molecule is O=C(CCCCCOc1cc(-c2ccccc2)cc(-c2ccccc2)n1)N[C@@H](CCCCNC(=O)c1ccc(N=NCc2ccccc2S(=O)(=O)O)nc1)C(=O)O. The molecule has 2 aromatic heterocycles. The van der Waals surface area contributed by atoms with Crippen LogP contribution in [0, 0.1) is 0 Å². The number of aliphatic carboxylic acids is 1. The molecule has 0 spiro atoms. The number of ether oxygens (including phenoxy) is 1. The van der Waals surface area contributed by atoms with Gasteiger partial charge in [-0.05, 0) is 79.5 Å². The van der Waals surface area contributed by atoms with Crippen LogP contribution in [0.5, 0.6) is 5.88 Å². The van der Waals surface area contributed by atoms with Crippen LogP contribution in [0.2, 0.25) is 0 Å². The van der Waals surface area contributed by atoms with Crippen molar-refractivity contribution in [2.24, 2.45) is 10.2 Å². The highest BCUT2D eigenvalue weighted by Crippen LogP contribution is 2.29. The summed E-state index contributed by atoms with van der Waals surface area (Å²) in [6.45, 7) is 0.600. The Morgan fingerprint density at radius 1 is 0.789 bits per heavy atom. The number of unbranched alkanes of at least 4 members (excludes halogenated alkanes) is 3. The number of hydrogen-bond acceptors (Lipinski definition) is 10. The Morgan fingerprint density at radius 2 is 1.51 bits per heavy atom. The van der Waals surface area contributed by atoms with Gasteiger partial charge in [0, 0.05) is 30.8 Å². The molecule has 0 saturated carbocycles. The number of carboxylic acid groups (broad SMARTS) is 1. The van der Waals surface area contributed by atoms with E-state index in [1.165, 1.54) is 36.5 Å². The molecule has 0 aliphatic heterocycles. The fourth-order valence-electron chi connectivity index (χ4n) is 5.83. The Balaban J connectivity index is 0.972. The highest BCUT2D eigenvalue weighted by molar-refractivity contribution is 7.85. The molecule has 0 saturated heterocycles. The number of amides is 2. The summed E-state index contributed by atoms with van der Waals surface area (Å²) in [5.74, 6) is -1.12. The minimum absolute atomic E-state index is 0.107. The molecule has 14 nitrogen and oxygen atoms in total. The van der Waals surface area contributed by atoms with Crippen LogP contribution in [0.3, 0.4) is 0 Å². The molecule has 0 fully saturated rings. The highest BCUT2D eigenvalue weighted by Gasteiger charge is 2.19. The fourth-order valence-corrected chi connectivity index (χ4v) is 6.54. The van der Waals surface area contributed by atoms with Gasteiger partial charge in [0.2, 0.25) is 11.8 Å². The maximum atomic E-state index is 12.6. The molecule has 57 heavy (non-hydrogen) atoms. The third kappa shape index (κ3) is 13.4. The standard InChI is InChI=1S/C42H44N6O8S/c49-39(21-8-3-13-25-56-40-27-34(30-14-4-1-5-15-30)26-36(47-40)31-16-6-2-7-17-31)46-35(42(51)52)19-11-12-24-43-41(50)33-22-23-38(44-28-33)48-45-29-32-18-9-10-20-37(32)57(53,54)55/h1-2,4-7,9-10,14-18,20,22-23,26-28,35H,3,8,11-13,19,21,24-25,29H2,(H,43,50)(H,46,49)(H,51,52)(H,53,54,55)/t35-/m0/s1. The van der Waals surface area contributed by atoms with Crippen LogP contribution in [0.1, 0.15) is 60.9 Å². The number of pyridine rings is 2. The Labute approximate surface area is 331 Å². The van der Waals surface area contributed by atoms with Crippen molar-refractivity contribution in [1.29, 1.82) is 0 Å². The normalized spacial score (nSPS) is 11.9. The number of azo groups is 1. The third-order valence-corrected chi connectivity index (χ3v) is 9.74. The number of benzene rings is 3. The first kappa shape index (κ1) is 41.8. The van der Waals surface area contributed by atoms with Crippen molar-refractivity contribution in [3.63, 3.8) is 0 Å². The van der Waals surface area contributed by atoms with Crippen LogP contribution in [0.4, 0.5) is 5.82 Å². The number of carbonyl (C=O) groups excluding carboxylic acids is 2. The van der Waals surface area contributed by atoms with Gasteiger partial charge < -0.3 is 20.5 Å². The maximum absolute atomic E-state index is 12.6. The van der Waals surface area contributed by atoms with E-state index in [0.29, 0.717) is 44.6 Å². The second-order valence-electron chi connectivity index (χ2n) is 13.1. The van der Waals surface area contributed by atoms with Gasteiger partial charge in [-0.1, -0.05) is 78.9 Å². The van der Waals surface area contributed by atoms with Gasteiger partial charge in [0.25, 0.3) is 16.0 Å². The molecule has 296 valence electrons. The topological polar surface area (TPSA) is 210 Å². The van der Waals surface area contributed by atoms with E-state index in [4.69, 9.17) is 9.72 Å². The molecule has 0 aliphatic rings. The summed E-state index contributed by atoms with van der Waals surface area (Å²) in [6, 6.07) is 31.7. The molecule has 0 unspecified atom stereocenters. The average Bonchev–Trinajstić information content (AvgIpc) is 3.22. The van der Waals surface area contributed by atoms with E-state index in [2.05, 4.69) is 25.8 Å². The summed E-state index contributed by atoms with van der Waals surface area (Å²) in [5.41, 5.74) is 4.40. The zero-order valence-corrected chi connectivity index (χ0v) is 32.0. The zero-order valence-electron chi connectivity index (χ0n) is 31.2. The Morgan fingerprint density at radius 3 is 2.21 bits per heavy atom. The molecule has 3 aromatic carbocycles. The first-order chi connectivity index (χ1) is 27.6. The molecular formula is C42H44N6O8S. The van der Waals surface area contributed by atoms with Gasteiger partial charge in [0.1, 0.15) is 6.04 Å². The van der Waals surface area contributed by atoms with E-state index in [1.54, 1.807) is 6.07 Å². The summed E-state index contributed by atoms with van der Waals surface area (Å²) >= 11 is 0. The van der Waals surface area contributed by atoms with E-state index in [-0.39, 0.29) is 59.6 Å². The lowest BCUT2D eigenvalue weighted by Crippen LogP contribution is -2.40. The zero-order chi connectivity index (χ0) is 40.5. The van der Waals surface area contributed by atoms with Gasteiger partial charge in [-0.2, -0.15) is 13.5 Å². The molecule has 1 atom stereocenters. The van der Waals surface area contributed by atoms with E-state index < -0.39 is 22.1 Å². The molecule has 0 aliphatic carbocycles. The fraction of sp³-hybridized carbons (Fsp3) is 0.262. The highest BCUT2D eigenvalue weighted by atomic mass is 32.2. The molecule has 2 heterocycles. The largest absolute Gasteiger partial charge is 0.480 e. The first-order valence-electron chi connectivity index (χ1n) is 18.5. The molecule has 2 amide bonds. The lowest BCUT2D eigenvalue weighted by Gasteiger charge is -2.15. The van der Waals surface area contributed by atoms with Crippen molar-refractivity contribution in [1.82, 2.24) is 20.6 Å². The van der Waals surface area contributed by atoms with Gasteiger partial charge in [-0.3, -0.25) is 14.1 Å². The van der Waals surface area contributed by atoms with Crippen molar-refractivity contribution in [3.8, 4) is 28.3 Å². The van der Waals surface area contributed by atoms with Crippen LogP contribution in [0.15, 0.2) is 131 Å². The van der Waals surface area contributed by atoms with Gasteiger partial charge in [-0.15, -0.1) is 5.11 Å². The average molecular weight is 793 g/mol. The van der Waals surface area contributed by atoms with Crippen molar-refractivity contribution >= 4 is 33.7 Å². The number of hydrogen-bond donors (Lipinski definition) is 4. The van der Waals surface area contributed by atoms with Gasteiger partial charge in [0.15, 0.2) is 5.82 Å².